The zero-order valence-corrected chi connectivity index (χ0v) is 20.2. The molecule has 3 heterocycles. The molecular weight excluding hydrogens is 454 g/mol. The third-order valence-corrected chi connectivity index (χ3v) is 8.01. The Hall–Kier alpha value is -2.62. The fourth-order valence-electron chi connectivity index (χ4n) is 4.35. The maximum absolute atomic E-state index is 12.8. The van der Waals surface area contributed by atoms with E-state index >= 15 is 0 Å². The molecule has 7 nitrogen and oxygen atoms in total. The first kappa shape index (κ1) is 22.2. The van der Waals surface area contributed by atoms with Crippen molar-refractivity contribution in [3.05, 3.63) is 54.1 Å². The molecule has 1 saturated heterocycles. The number of thioether (sulfide) groups is 1. The van der Waals surface area contributed by atoms with Crippen molar-refractivity contribution in [2.24, 2.45) is 0 Å². The number of rotatable bonds is 8. The number of ether oxygens (including phenoxy) is 1. The molecule has 1 unspecified atom stereocenters. The zero-order chi connectivity index (χ0) is 22.6. The van der Waals surface area contributed by atoms with Crippen molar-refractivity contribution in [3.8, 4) is 5.75 Å². The Kier molecular flexibility index (Phi) is 6.80. The molecule has 1 N–H and O–H groups in total. The van der Waals surface area contributed by atoms with E-state index in [4.69, 9.17) is 4.74 Å². The Morgan fingerprint density at radius 1 is 1.12 bits per heavy atom. The summed E-state index contributed by atoms with van der Waals surface area (Å²) in [7, 11) is 1.68. The number of thiazole rings is 1. The number of hydrogen-bond donors (Lipinski definition) is 1. The highest BCUT2D eigenvalue weighted by atomic mass is 32.2. The molecule has 5 rings (SSSR count). The van der Waals surface area contributed by atoms with Gasteiger partial charge in [0.05, 0.1) is 29.1 Å². The predicted molar refractivity (Wildman–Crippen MR) is 133 cm³/mol. The van der Waals surface area contributed by atoms with Crippen LogP contribution in [0.3, 0.4) is 0 Å². The third-order valence-electron chi connectivity index (χ3n) is 6.07. The molecule has 1 aliphatic rings. The Morgan fingerprint density at radius 3 is 2.70 bits per heavy atom. The third kappa shape index (κ3) is 4.85. The van der Waals surface area contributed by atoms with Crippen molar-refractivity contribution in [2.45, 2.75) is 30.5 Å². The molecule has 1 fully saturated rings. The number of carbonyl (C=O) groups excluding carboxylic acids is 1. The van der Waals surface area contributed by atoms with Crippen LogP contribution in [-0.2, 0) is 4.79 Å². The van der Waals surface area contributed by atoms with Gasteiger partial charge in [-0.25, -0.2) is 0 Å². The molecule has 1 atom stereocenters. The van der Waals surface area contributed by atoms with Gasteiger partial charge in [-0.15, -0.1) is 10.2 Å². The first-order valence-corrected chi connectivity index (χ1v) is 13.0. The smallest absolute Gasteiger partial charge is 0.230 e. The normalized spacial score (nSPS) is 15.7. The van der Waals surface area contributed by atoms with E-state index in [0.717, 1.165) is 39.2 Å². The number of hydrogen-bond acceptors (Lipinski definition) is 7. The van der Waals surface area contributed by atoms with Crippen LogP contribution < -0.4 is 10.1 Å². The second-order valence-electron chi connectivity index (χ2n) is 8.15. The van der Waals surface area contributed by atoms with E-state index in [0.29, 0.717) is 12.3 Å². The second kappa shape index (κ2) is 10.1. The molecule has 2 aromatic carbocycles. The number of aromatic nitrogens is 3. The molecule has 2 aromatic heterocycles. The maximum Gasteiger partial charge on any atom is 0.230 e. The lowest BCUT2D eigenvalue weighted by Gasteiger charge is -2.35. The Balaban J connectivity index is 1.24. The Morgan fingerprint density at radius 2 is 1.91 bits per heavy atom. The SMILES string of the molecule is COc1ccc(C(CNC(=O)CSc2nnc3sc4ccccc4n23)N2CCCCC2)cc1. The van der Waals surface area contributed by atoms with Gasteiger partial charge >= 0.3 is 0 Å². The summed E-state index contributed by atoms with van der Waals surface area (Å²) in [6.45, 7) is 2.71. The highest BCUT2D eigenvalue weighted by Gasteiger charge is 2.23. The average molecular weight is 482 g/mol. The number of nitrogens with zero attached hydrogens (tertiary/aromatic N) is 4. The van der Waals surface area contributed by atoms with E-state index in [9.17, 15) is 4.79 Å². The van der Waals surface area contributed by atoms with Gasteiger partial charge in [-0.05, 0) is 55.8 Å². The Bertz CT molecular complexity index is 1230. The van der Waals surface area contributed by atoms with Crippen LogP contribution in [-0.4, -0.2) is 57.9 Å². The summed E-state index contributed by atoms with van der Waals surface area (Å²) in [4.78, 5) is 16.1. The van der Waals surface area contributed by atoms with Crippen LogP contribution in [0.15, 0.2) is 53.7 Å². The predicted octanol–water partition coefficient (Wildman–Crippen LogP) is 4.39. The lowest BCUT2D eigenvalue weighted by atomic mass is 10.0. The lowest BCUT2D eigenvalue weighted by Crippen LogP contribution is -2.41. The van der Waals surface area contributed by atoms with Crippen molar-refractivity contribution in [1.82, 2.24) is 24.8 Å². The molecule has 1 aliphatic heterocycles. The quantitative estimate of drug-likeness (QED) is 0.377. The van der Waals surface area contributed by atoms with Gasteiger partial charge in [0.15, 0.2) is 5.16 Å². The summed E-state index contributed by atoms with van der Waals surface area (Å²) in [6.07, 6.45) is 3.68. The molecule has 0 bridgehead atoms. The minimum Gasteiger partial charge on any atom is -0.497 e. The number of benzene rings is 2. The number of piperidine rings is 1. The van der Waals surface area contributed by atoms with Crippen molar-refractivity contribution < 1.29 is 9.53 Å². The van der Waals surface area contributed by atoms with E-state index in [-0.39, 0.29) is 11.9 Å². The number of amides is 1. The number of methoxy groups -OCH3 is 1. The van der Waals surface area contributed by atoms with E-state index in [1.54, 1.807) is 18.4 Å². The summed E-state index contributed by atoms with van der Waals surface area (Å²) < 4.78 is 8.51. The standard InChI is InChI=1S/C24H27N5O2S2/c1-31-18-11-9-17(10-12-18)20(28-13-5-2-6-14-28)15-25-22(30)16-32-23-26-27-24-29(23)19-7-3-4-8-21(19)33-24/h3-4,7-12,20H,2,5-6,13-16H2,1H3,(H,25,30). The molecule has 9 heteroatoms. The van der Waals surface area contributed by atoms with Crippen LogP contribution in [0.4, 0.5) is 0 Å². The fourth-order valence-corrected chi connectivity index (χ4v) is 6.15. The summed E-state index contributed by atoms with van der Waals surface area (Å²) in [6, 6.07) is 16.5. The van der Waals surface area contributed by atoms with Crippen LogP contribution in [0.1, 0.15) is 30.9 Å². The van der Waals surface area contributed by atoms with Crippen molar-refractivity contribution >= 4 is 44.2 Å². The monoisotopic (exact) mass is 481 g/mol. The van der Waals surface area contributed by atoms with Gasteiger partial charge in [-0.3, -0.25) is 14.1 Å². The summed E-state index contributed by atoms with van der Waals surface area (Å²) in [5.41, 5.74) is 2.28. The molecule has 0 spiro atoms. The minimum atomic E-state index is 0.00630. The summed E-state index contributed by atoms with van der Waals surface area (Å²) >= 11 is 3.03. The van der Waals surface area contributed by atoms with Gasteiger partial charge in [-0.2, -0.15) is 0 Å². The van der Waals surface area contributed by atoms with Crippen LogP contribution >= 0.6 is 23.1 Å². The number of fused-ring (bicyclic) bond motifs is 3. The van der Waals surface area contributed by atoms with Gasteiger partial charge < -0.3 is 10.1 Å². The van der Waals surface area contributed by atoms with Crippen LogP contribution in [0.2, 0.25) is 0 Å². The zero-order valence-electron chi connectivity index (χ0n) is 18.6. The number of carbonyl (C=O) groups is 1. The highest BCUT2D eigenvalue weighted by Crippen LogP contribution is 2.30. The molecule has 0 radical (unpaired) electrons. The first-order chi connectivity index (χ1) is 16.2. The van der Waals surface area contributed by atoms with E-state index in [2.05, 4.69) is 44.7 Å². The minimum absolute atomic E-state index is 0.00630. The fraction of sp³-hybridized carbons (Fsp3) is 0.375. The molecular formula is C24H27N5O2S2. The molecule has 0 aliphatic carbocycles. The van der Waals surface area contributed by atoms with E-state index < -0.39 is 0 Å². The van der Waals surface area contributed by atoms with Crippen molar-refractivity contribution in [2.75, 3.05) is 32.5 Å². The largest absolute Gasteiger partial charge is 0.497 e. The molecule has 33 heavy (non-hydrogen) atoms. The number of likely N-dealkylation sites (tertiary alicyclic amines) is 1. The van der Waals surface area contributed by atoms with Crippen molar-refractivity contribution in [3.63, 3.8) is 0 Å². The van der Waals surface area contributed by atoms with E-state index in [1.165, 1.54) is 36.6 Å². The molecule has 0 saturated carbocycles. The topological polar surface area (TPSA) is 71.8 Å². The van der Waals surface area contributed by atoms with Gasteiger partial charge in [0.1, 0.15) is 5.75 Å². The molecule has 4 aromatic rings. The highest BCUT2D eigenvalue weighted by molar-refractivity contribution is 7.99. The number of nitrogens with one attached hydrogen (secondary N) is 1. The van der Waals surface area contributed by atoms with Gasteiger partial charge in [0.2, 0.25) is 10.9 Å². The average Bonchev–Trinajstić information content (AvgIpc) is 3.43. The lowest BCUT2D eigenvalue weighted by molar-refractivity contribution is -0.118. The first-order valence-electron chi connectivity index (χ1n) is 11.2. The number of para-hydroxylation sites is 1. The van der Waals surface area contributed by atoms with Crippen molar-refractivity contribution in [1.29, 1.82) is 0 Å². The van der Waals surface area contributed by atoms with Crippen LogP contribution in [0.25, 0.3) is 15.2 Å². The van der Waals surface area contributed by atoms with E-state index in [1.807, 2.05) is 28.7 Å². The maximum atomic E-state index is 12.8. The van der Waals surface area contributed by atoms with Crippen LogP contribution in [0.5, 0.6) is 5.75 Å². The van der Waals surface area contributed by atoms with Gasteiger partial charge in [0.25, 0.3) is 0 Å². The van der Waals surface area contributed by atoms with Gasteiger partial charge in [-0.1, -0.05) is 53.8 Å². The van der Waals surface area contributed by atoms with Gasteiger partial charge in [0, 0.05) is 6.54 Å². The second-order valence-corrected chi connectivity index (χ2v) is 10.1. The summed E-state index contributed by atoms with van der Waals surface area (Å²) in [5.74, 6) is 1.16. The summed E-state index contributed by atoms with van der Waals surface area (Å²) in [5, 5.41) is 12.5. The molecule has 1 amide bonds. The van der Waals surface area contributed by atoms with Crippen LogP contribution in [0, 0.1) is 0 Å². The Labute approximate surface area is 201 Å². The molecule has 172 valence electrons.